The Hall–Kier alpha value is -0.410. The minimum absolute atomic E-state index is 0.164. The summed E-state index contributed by atoms with van der Waals surface area (Å²) in [6, 6.07) is 3.86. The molecule has 0 bridgehead atoms. The summed E-state index contributed by atoms with van der Waals surface area (Å²) >= 11 is 1.56. The van der Waals surface area contributed by atoms with Crippen LogP contribution in [-0.4, -0.2) is 17.6 Å². The van der Waals surface area contributed by atoms with E-state index in [1.807, 2.05) is 22.9 Å². The number of hydrogen-bond acceptors (Lipinski definition) is 2. The molecule has 0 aliphatic carbocycles. The predicted molar refractivity (Wildman–Crippen MR) is 54.1 cm³/mol. The van der Waals surface area contributed by atoms with E-state index >= 15 is 0 Å². The highest BCUT2D eigenvalue weighted by atomic mass is 32.2. The zero-order valence-corrected chi connectivity index (χ0v) is 8.21. The molecular formula is C8H11OS2+. The lowest BCUT2D eigenvalue weighted by Crippen LogP contribution is -1.89. The van der Waals surface area contributed by atoms with E-state index in [0.717, 1.165) is 4.88 Å². The SMILES string of the molecule is C[S+](C)/C=C(\O)c1cccs1. The average Bonchev–Trinajstić information content (AvgIpc) is 2.35. The Balaban J connectivity index is 2.77. The van der Waals surface area contributed by atoms with Gasteiger partial charge in [-0.25, -0.2) is 0 Å². The van der Waals surface area contributed by atoms with Gasteiger partial charge in [0.15, 0.2) is 11.2 Å². The van der Waals surface area contributed by atoms with Crippen LogP contribution in [0.2, 0.25) is 0 Å². The maximum absolute atomic E-state index is 9.46. The van der Waals surface area contributed by atoms with Crippen LogP contribution in [0.3, 0.4) is 0 Å². The van der Waals surface area contributed by atoms with Gasteiger partial charge in [-0.3, -0.25) is 0 Å². The lowest BCUT2D eigenvalue weighted by molar-refractivity contribution is 0.515. The highest BCUT2D eigenvalue weighted by molar-refractivity contribution is 7.98. The first-order chi connectivity index (χ1) is 5.20. The lowest BCUT2D eigenvalue weighted by Gasteiger charge is -1.91. The van der Waals surface area contributed by atoms with Gasteiger partial charge in [-0.1, -0.05) is 6.07 Å². The third kappa shape index (κ3) is 2.60. The zero-order chi connectivity index (χ0) is 8.27. The molecule has 0 atom stereocenters. The van der Waals surface area contributed by atoms with Crippen molar-refractivity contribution < 1.29 is 5.11 Å². The van der Waals surface area contributed by atoms with Crippen molar-refractivity contribution in [2.75, 3.05) is 12.5 Å². The van der Waals surface area contributed by atoms with Gasteiger partial charge in [0.05, 0.1) is 4.88 Å². The Morgan fingerprint density at radius 3 is 2.82 bits per heavy atom. The van der Waals surface area contributed by atoms with E-state index in [0.29, 0.717) is 5.76 Å². The Bertz CT molecular complexity index is 237. The minimum atomic E-state index is 0.164. The molecule has 3 heteroatoms. The Morgan fingerprint density at radius 1 is 1.64 bits per heavy atom. The van der Waals surface area contributed by atoms with Gasteiger partial charge in [0, 0.05) is 10.9 Å². The summed E-state index contributed by atoms with van der Waals surface area (Å²) in [6.45, 7) is 0. The second kappa shape index (κ2) is 3.83. The van der Waals surface area contributed by atoms with Crippen LogP contribution >= 0.6 is 11.3 Å². The molecule has 0 fully saturated rings. The highest BCUT2D eigenvalue weighted by Crippen LogP contribution is 2.17. The van der Waals surface area contributed by atoms with Crippen LogP contribution in [0.15, 0.2) is 22.9 Å². The summed E-state index contributed by atoms with van der Waals surface area (Å²) in [7, 11) is 0.164. The molecular weight excluding hydrogens is 176 g/mol. The van der Waals surface area contributed by atoms with Gasteiger partial charge in [-0.2, -0.15) is 0 Å². The van der Waals surface area contributed by atoms with Crippen LogP contribution in [0, 0.1) is 0 Å². The van der Waals surface area contributed by atoms with E-state index in [1.165, 1.54) is 0 Å². The number of rotatable bonds is 2. The molecule has 0 aliphatic rings. The van der Waals surface area contributed by atoms with Crippen LogP contribution in [0.4, 0.5) is 0 Å². The fraction of sp³-hybridized carbons (Fsp3) is 0.250. The molecule has 1 aromatic rings. The molecule has 1 heterocycles. The van der Waals surface area contributed by atoms with Gasteiger partial charge >= 0.3 is 0 Å². The van der Waals surface area contributed by atoms with Crippen molar-refractivity contribution in [2.45, 2.75) is 0 Å². The maximum Gasteiger partial charge on any atom is 0.180 e. The van der Waals surface area contributed by atoms with Gasteiger partial charge in [0.25, 0.3) is 0 Å². The molecule has 0 aromatic carbocycles. The van der Waals surface area contributed by atoms with Crippen molar-refractivity contribution in [3.05, 3.63) is 27.8 Å². The maximum atomic E-state index is 9.46. The largest absolute Gasteiger partial charge is 0.503 e. The van der Waals surface area contributed by atoms with E-state index in [2.05, 4.69) is 12.5 Å². The highest BCUT2D eigenvalue weighted by Gasteiger charge is 2.04. The van der Waals surface area contributed by atoms with Crippen molar-refractivity contribution >= 4 is 28.0 Å². The van der Waals surface area contributed by atoms with E-state index in [1.54, 1.807) is 11.3 Å². The number of aliphatic hydroxyl groups excluding tert-OH is 1. The summed E-state index contributed by atoms with van der Waals surface area (Å²) in [5.74, 6) is 0.410. The molecule has 1 N–H and O–H groups in total. The van der Waals surface area contributed by atoms with Gasteiger partial charge in [-0.05, 0) is 11.4 Å². The second-order valence-corrected chi connectivity index (χ2v) is 5.30. The molecule has 0 saturated carbocycles. The topological polar surface area (TPSA) is 20.2 Å². The monoisotopic (exact) mass is 187 g/mol. The van der Waals surface area contributed by atoms with Crippen molar-refractivity contribution in [1.82, 2.24) is 0 Å². The normalized spacial score (nSPS) is 12.5. The Labute approximate surface area is 73.7 Å². The van der Waals surface area contributed by atoms with Gasteiger partial charge in [0.1, 0.15) is 12.5 Å². The smallest absolute Gasteiger partial charge is 0.180 e. The summed E-state index contributed by atoms with van der Waals surface area (Å²) in [5, 5.41) is 13.3. The third-order valence-electron chi connectivity index (χ3n) is 1.12. The van der Waals surface area contributed by atoms with Crippen LogP contribution in [-0.2, 0) is 10.9 Å². The zero-order valence-electron chi connectivity index (χ0n) is 6.57. The summed E-state index contributed by atoms with van der Waals surface area (Å²) in [4.78, 5) is 0.950. The minimum Gasteiger partial charge on any atom is -0.503 e. The first kappa shape index (κ1) is 8.68. The van der Waals surface area contributed by atoms with Crippen molar-refractivity contribution in [3.8, 4) is 0 Å². The van der Waals surface area contributed by atoms with E-state index in [9.17, 15) is 5.11 Å². The number of thiophene rings is 1. The van der Waals surface area contributed by atoms with Crippen molar-refractivity contribution in [3.63, 3.8) is 0 Å². The van der Waals surface area contributed by atoms with Crippen molar-refractivity contribution in [1.29, 1.82) is 0 Å². The molecule has 0 aliphatic heterocycles. The first-order valence-electron chi connectivity index (χ1n) is 3.21. The average molecular weight is 187 g/mol. The van der Waals surface area contributed by atoms with Crippen LogP contribution < -0.4 is 0 Å². The summed E-state index contributed by atoms with van der Waals surface area (Å²) < 4.78 is 0. The molecule has 11 heavy (non-hydrogen) atoms. The molecule has 60 valence electrons. The van der Waals surface area contributed by atoms with E-state index < -0.39 is 0 Å². The third-order valence-corrected chi connectivity index (χ3v) is 2.71. The van der Waals surface area contributed by atoms with E-state index in [-0.39, 0.29) is 10.9 Å². The first-order valence-corrected chi connectivity index (χ1v) is 6.19. The molecule has 1 aromatic heterocycles. The van der Waals surface area contributed by atoms with Gasteiger partial charge < -0.3 is 5.11 Å². The second-order valence-electron chi connectivity index (χ2n) is 2.36. The molecule has 1 nitrogen and oxygen atoms in total. The fourth-order valence-corrected chi connectivity index (χ4v) is 1.99. The van der Waals surface area contributed by atoms with E-state index in [4.69, 9.17) is 0 Å². The molecule has 0 saturated heterocycles. The molecule has 0 unspecified atom stereocenters. The summed E-state index contributed by atoms with van der Waals surface area (Å²) in [5.41, 5.74) is 0. The van der Waals surface area contributed by atoms with Gasteiger partial charge in [0.2, 0.25) is 0 Å². The standard InChI is InChI=1S/C8H10OS2/c1-11(2)6-7(9)8-4-3-5-10-8/h3-6H,1-2H3/p+1/b7-6-. The molecule has 0 amide bonds. The number of aliphatic hydroxyl groups is 1. The number of hydrogen-bond donors (Lipinski definition) is 1. The Morgan fingerprint density at radius 2 is 2.36 bits per heavy atom. The van der Waals surface area contributed by atoms with Crippen molar-refractivity contribution in [2.24, 2.45) is 0 Å². The van der Waals surface area contributed by atoms with Crippen LogP contribution in [0.1, 0.15) is 4.88 Å². The van der Waals surface area contributed by atoms with Gasteiger partial charge in [-0.15, -0.1) is 11.3 Å². The quantitative estimate of drug-likeness (QED) is 0.557. The molecule has 1 rings (SSSR count). The van der Waals surface area contributed by atoms with Crippen LogP contribution in [0.5, 0.6) is 0 Å². The predicted octanol–water partition coefficient (Wildman–Crippen LogP) is 2.48. The molecule has 0 radical (unpaired) electrons. The van der Waals surface area contributed by atoms with Crippen LogP contribution in [0.25, 0.3) is 5.76 Å². The Kier molecular flexibility index (Phi) is 3.02. The summed E-state index contributed by atoms with van der Waals surface area (Å²) in [6.07, 6.45) is 4.15. The fourth-order valence-electron chi connectivity index (χ4n) is 0.706. The lowest BCUT2D eigenvalue weighted by atomic mass is 10.4. The molecule has 0 spiro atoms.